The molecule has 4 heterocycles. The second kappa shape index (κ2) is 16.9. The number of unbranched alkanes of at least 4 members (excludes halogenated alkanes) is 12. The van der Waals surface area contributed by atoms with Crippen molar-refractivity contribution in [1.29, 1.82) is 0 Å². The molecule has 0 amide bonds. The van der Waals surface area contributed by atoms with Gasteiger partial charge < -0.3 is 4.57 Å². The van der Waals surface area contributed by atoms with Gasteiger partial charge in [-0.25, -0.2) is 8.78 Å². The van der Waals surface area contributed by atoms with E-state index in [0.29, 0.717) is 33.8 Å². The number of aromatic nitrogens is 3. The van der Waals surface area contributed by atoms with Crippen LogP contribution < -0.4 is 5.56 Å². The van der Waals surface area contributed by atoms with E-state index in [4.69, 9.17) is 0 Å². The summed E-state index contributed by atoms with van der Waals surface area (Å²) in [7, 11) is 0. The normalized spacial score (nSPS) is 12.7. The maximum absolute atomic E-state index is 15.4. The van der Waals surface area contributed by atoms with E-state index in [-0.39, 0.29) is 11.1 Å². The van der Waals surface area contributed by atoms with E-state index in [2.05, 4.69) is 38.5 Å². The van der Waals surface area contributed by atoms with Crippen LogP contribution in [-0.2, 0) is 6.54 Å². The van der Waals surface area contributed by atoms with Gasteiger partial charge in [0, 0.05) is 17.5 Å². The van der Waals surface area contributed by atoms with E-state index in [1.54, 1.807) is 0 Å². The van der Waals surface area contributed by atoms with Gasteiger partial charge in [-0.05, 0) is 46.8 Å². The van der Waals surface area contributed by atoms with E-state index in [9.17, 15) is 9.18 Å². The minimum atomic E-state index is -0.937. The van der Waals surface area contributed by atoms with Crippen LogP contribution in [0, 0.1) is 17.6 Å². The highest BCUT2D eigenvalue weighted by atomic mass is 79.9. The van der Waals surface area contributed by atoms with Crippen LogP contribution in [0.25, 0.3) is 41.8 Å². The van der Waals surface area contributed by atoms with Gasteiger partial charge in [0.15, 0.2) is 11.6 Å². The maximum Gasteiger partial charge on any atom is 0.259 e. The number of hydrogen-bond acceptors (Lipinski definition) is 6. The highest BCUT2D eigenvalue weighted by molar-refractivity contribution is 9.11. The Hall–Kier alpha value is -1.75. The first-order valence-corrected chi connectivity index (χ1v) is 19.9. The number of halogens is 3. The molecule has 0 aliphatic heterocycles. The SMILES string of the molecule is CCCCCCCCCCC(CCCCCCCC)Cn1c(=O)c2cc(Br)sc2c2sc(-c3c(F)c(F)cc4nsnc34)cc21. The Labute approximate surface area is 285 Å². The lowest BCUT2D eigenvalue weighted by atomic mass is 9.93. The first-order valence-electron chi connectivity index (χ1n) is 16.8. The molecule has 1 unspecified atom stereocenters. The Balaban J connectivity index is 1.45. The summed E-state index contributed by atoms with van der Waals surface area (Å²) in [5.74, 6) is -1.47. The zero-order chi connectivity index (χ0) is 31.8. The van der Waals surface area contributed by atoms with Crippen molar-refractivity contribution in [2.75, 3.05) is 0 Å². The second-order valence-corrected chi connectivity index (χ2v) is 16.4. The molecule has 0 spiro atoms. The van der Waals surface area contributed by atoms with Gasteiger partial charge in [0.1, 0.15) is 11.0 Å². The van der Waals surface area contributed by atoms with Crippen molar-refractivity contribution < 1.29 is 8.78 Å². The summed E-state index contributed by atoms with van der Waals surface area (Å²) in [6.45, 7) is 5.14. The van der Waals surface area contributed by atoms with Crippen LogP contribution in [0.5, 0.6) is 0 Å². The van der Waals surface area contributed by atoms with Gasteiger partial charge in [-0.3, -0.25) is 4.79 Å². The molecule has 1 atom stereocenters. The summed E-state index contributed by atoms with van der Waals surface area (Å²) >= 11 is 7.46. The highest BCUT2D eigenvalue weighted by Crippen LogP contribution is 2.43. The van der Waals surface area contributed by atoms with E-state index in [0.717, 1.165) is 49.3 Å². The van der Waals surface area contributed by atoms with Gasteiger partial charge in [0.25, 0.3) is 5.56 Å². The van der Waals surface area contributed by atoms with Crippen LogP contribution in [0.3, 0.4) is 0 Å². The van der Waals surface area contributed by atoms with Gasteiger partial charge in [-0.2, -0.15) is 8.75 Å². The Bertz CT molecular complexity index is 1760. The Morgan fingerprint density at radius 2 is 1.42 bits per heavy atom. The minimum absolute atomic E-state index is 0.00661. The number of pyridine rings is 1. The first kappa shape index (κ1) is 34.6. The molecule has 4 nitrogen and oxygen atoms in total. The van der Waals surface area contributed by atoms with Gasteiger partial charge >= 0.3 is 0 Å². The molecule has 0 fully saturated rings. The smallest absolute Gasteiger partial charge is 0.259 e. The third-order valence-corrected chi connectivity index (χ3v) is 12.4. The number of hydrogen-bond donors (Lipinski definition) is 0. The quantitative estimate of drug-likeness (QED) is 0.0793. The molecule has 0 bridgehead atoms. The lowest BCUT2D eigenvalue weighted by molar-refractivity contribution is 0.358. The summed E-state index contributed by atoms with van der Waals surface area (Å²) in [6, 6.07) is 4.89. The zero-order valence-electron chi connectivity index (χ0n) is 26.4. The van der Waals surface area contributed by atoms with E-state index in [1.807, 2.05) is 16.7 Å². The summed E-state index contributed by atoms with van der Waals surface area (Å²) < 4.78 is 43.1. The van der Waals surface area contributed by atoms with Crippen molar-refractivity contribution in [1.82, 2.24) is 13.3 Å². The van der Waals surface area contributed by atoms with Crippen LogP contribution in [0.15, 0.2) is 26.8 Å². The van der Waals surface area contributed by atoms with Crippen LogP contribution in [-0.4, -0.2) is 13.3 Å². The molecule has 5 rings (SSSR count). The summed E-state index contributed by atoms with van der Waals surface area (Å²) in [5, 5.41) is 0.679. The molecule has 0 saturated carbocycles. The van der Waals surface area contributed by atoms with E-state index < -0.39 is 11.6 Å². The Morgan fingerprint density at radius 1 is 0.800 bits per heavy atom. The summed E-state index contributed by atoms with van der Waals surface area (Å²) in [5.41, 5.74) is 1.62. The van der Waals surface area contributed by atoms with Crippen LogP contribution in [0.1, 0.15) is 117 Å². The fraction of sp³-hybridized carbons (Fsp3) is 0.571. The number of rotatable bonds is 19. The topological polar surface area (TPSA) is 47.8 Å². The first-order chi connectivity index (χ1) is 21.9. The third kappa shape index (κ3) is 8.40. The van der Waals surface area contributed by atoms with E-state index >= 15 is 4.39 Å². The van der Waals surface area contributed by atoms with E-state index in [1.165, 1.54) is 113 Å². The average molecular weight is 737 g/mol. The number of thiophene rings is 2. The fourth-order valence-corrected chi connectivity index (χ4v) is 9.93. The molecule has 10 heteroatoms. The molecule has 1 aromatic carbocycles. The van der Waals surface area contributed by atoms with Gasteiger partial charge in [0.2, 0.25) is 0 Å². The van der Waals surface area contributed by atoms with Crippen LogP contribution in [0.4, 0.5) is 8.78 Å². The van der Waals surface area contributed by atoms with Crippen molar-refractivity contribution in [3.05, 3.63) is 44.0 Å². The molecule has 4 aromatic heterocycles. The lowest BCUT2D eigenvalue weighted by Crippen LogP contribution is -2.24. The number of benzene rings is 1. The highest BCUT2D eigenvalue weighted by Gasteiger charge is 2.24. The number of nitrogens with zero attached hydrogens (tertiary/aromatic N) is 3. The monoisotopic (exact) mass is 735 g/mol. The molecular formula is C35H44BrF2N3OS3. The minimum Gasteiger partial charge on any atom is -0.307 e. The largest absolute Gasteiger partial charge is 0.307 e. The Kier molecular flexibility index (Phi) is 13.0. The molecule has 244 valence electrons. The maximum atomic E-state index is 15.4. The van der Waals surface area contributed by atoms with Gasteiger partial charge in [-0.1, -0.05) is 104 Å². The van der Waals surface area contributed by atoms with Crippen molar-refractivity contribution in [3.8, 4) is 10.4 Å². The molecule has 45 heavy (non-hydrogen) atoms. The third-order valence-electron chi connectivity index (χ3n) is 8.95. The van der Waals surface area contributed by atoms with Crippen LogP contribution in [0.2, 0.25) is 0 Å². The molecule has 0 N–H and O–H groups in total. The van der Waals surface area contributed by atoms with Crippen molar-refractivity contribution in [2.24, 2.45) is 5.92 Å². The summed E-state index contributed by atoms with van der Waals surface area (Å²) in [4.78, 5) is 14.6. The van der Waals surface area contributed by atoms with Crippen molar-refractivity contribution >= 4 is 81.7 Å². The molecule has 5 aromatic rings. The van der Waals surface area contributed by atoms with Gasteiger partial charge in [-0.15, -0.1) is 22.7 Å². The molecule has 0 aliphatic carbocycles. The standard InChI is InChI=1S/C35H44BrF2N3OS3/c1-3-5-7-9-11-12-14-16-18-23(17-15-13-10-8-6-4-2)22-41-27-21-28(30-31(38)25(37)20-26-32(30)40-45-39-26)43-34(27)33-24(35(41)42)19-29(36)44-33/h19-21,23H,3-18,22H2,1-2H3. The predicted octanol–water partition coefficient (Wildman–Crippen LogP) is 12.9. The molecular weight excluding hydrogens is 693 g/mol. The predicted molar refractivity (Wildman–Crippen MR) is 194 cm³/mol. The summed E-state index contributed by atoms with van der Waals surface area (Å²) in [6.07, 6.45) is 20.0. The van der Waals surface area contributed by atoms with Gasteiger partial charge in [0.05, 0.1) is 41.4 Å². The number of fused-ring (bicyclic) bond motifs is 4. The fourth-order valence-electron chi connectivity index (χ4n) is 6.45. The molecule has 0 saturated heterocycles. The Morgan fingerprint density at radius 3 is 2.07 bits per heavy atom. The average Bonchev–Trinajstić information content (AvgIpc) is 3.77. The second-order valence-electron chi connectivity index (χ2n) is 12.4. The van der Waals surface area contributed by atoms with Crippen molar-refractivity contribution in [2.45, 2.75) is 123 Å². The zero-order valence-corrected chi connectivity index (χ0v) is 30.5. The lowest BCUT2D eigenvalue weighted by Gasteiger charge is -2.19. The molecule has 0 aliphatic rings. The van der Waals surface area contributed by atoms with Crippen molar-refractivity contribution in [3.63, 3.8) is 0 Å². The molecule has 0 radical (unpaired) electrons. The van der Waals surface area contributed by atoms with Crippen LogP contribution >= 0.6 is 50.3 Å².